The van der Waals surface area contributed by atoms with Crippen LogP contribution < -0.4 is 15.5 Å². The first-order chi connectivity index (χ1) is 14.0. The Kier molecular flexibility index (Phi) is 6.97. The van der Waals surface area contributed by atoms with E-state index in [2.05, 4.69) is 10.6 Å². The summed E-state index contributed by atoms with van der Waals surface area (Å²) in [6.07, 6.45) is 1.94. The highest BCUT2D eigenvalue weighted by atomic mass is 16.3. The van der Waals surface area contributed by atoms with Crippen LogP contribution >= 0.6 is 0 Å². The monoisotopic (exact) mass is 395 g/mol. The number of anilines is 2. The summed E-state index contributed by atoms with van der Waals surface area (Å²) in [5.41, 5.74) is 2.08. The molecule has 3 N–H and O–H groups in total. The molecular formula is C22H25N3O4. The number of nitrogens with zero attached hydrogens (tertiary/aromatic N) is 1. The van der Waals surface area contributed by atoms with Crippen LogP contribution in [0, 0.1) is 0 Å². The van der Waals surface area contributed by atoms with E-state index in [1.165, 1.54) is 0 Å². The lowest BCUT2D eigenvalue weighted by atomic mass is 10.1. The molecule has 1 unspecified atom stereocenters. The molecule has 7 heteroatoms. The van der Waals surface area contributed by atoms with E-state index in [-0.39, 0.29) is 12.5 Å². The number of nitrogens with one attached hydrogen (secondary N) is 2. The van der Waals surface area contributed by atoms with Crippen molar-refractivity contribution in [3.05, 3.63) is 60.2 Å². The van der Waals surface area contributed by atoms with E-state index in [0.717, 1.165) is 18.4 Å². The topological polar surface area (TPSA) is 98.7 Å². The molecule has 1 saturated heterocycles. The lowest BCUT2D eigenvalue weighted by Crippen LogP contribution is -2.40. The molecule has 1 aliphatic heterocycles. The predicted molar refractivity (Wildman–Crippen MR) is 110 cm³/mol. The van der Waals surface area contributed by atoms with Gasteiger partial charge in [-0.2, -0.15) is 0 Å². The van der Waals surface area contributed by atoms with Crippen molar-refractivity contribution in [2.24, 2.45) is 0 Å². The van der Waals surface area contributed by atoms with Crippen molar-refractivity contribution in [1.29, 1.82) is 0 Å². The Labute approximate surface area is 169 Å². The van der Waals surface area contributed by atoms with Crippen LogP contribution in [-0.2, 0) is 20.8 Å². The molecule has 2 aromatic rings. The summed E-state index contributed by atoms with van der Waals surface area (Å²) in [7, 11) is 0. The summed E-state index contributed by atoms with van der Waals surface area (Å²) in [6, 6.07) is 16.3. The number of hydrogen-bond acceptors (Lipinski definition) is 4. The molecule has 2 aromatic carbocycles. The number of carbonyl (C=O) groups is 3. The van der Waals surface area contributed by atoms with Gasteiger partial charge >= 0.3 is 11.8 Å². The minimum absolute atomic E-state index is 0.0243. The van der Waals surface area contributed by atoms with Gasteiger partial charge in [0.15, 0.2) is 0 Å². The molecule has 7 nitrogen and oxygen atoms in total. The Bertz CT molecular complexity index is 869. The highest BCUT2D eigenvalue weighted by molar-refractivity contribution is 6.39. The second-order valence-electron chi connectivity index (χ2n) is 7.06. The summed E-state index contributed by atoms with van der Waals surface area (Å²) in [4.78, 5) is 38.0. The summed E-state index contributed by atoms with van der Waals surface area (Å²) in [6.45, 7) is 0.624. The van der Waals surface area contributed by atoms with Crippen molar-refractivity contribution in [2.45, 2.75) is 31.8 Å². The molecule has 29 heavy (non-hydrogen) atoms. The smallest absolute Gasteiger partial charge is 0.313 e. The van der Waals surface area contributed by atoms with Gasteiger partial charge in [-0.1, -0.05) is 36.4 Å². The number of rotatable bonds is 6. The molecule has 152 valence electrons. The van der Waals surface area contributed by atoms with Crippen molar-refractivity contribution in [1.82, 2.24) is 5.32 Å². The summed E-state index contributed by atoms with van der Waals surface area (Å²) in [5, 5.41) is 15.0. The number of carbonyl (C=O) groups excluding carboxylic acids is 3. The molecule has 0 aliphatic carbocycles. The minimum Gasteiger partial charge on any atom is -0.391 e. The molecule has 1 aliphatic rings. The Morgan fingerprint density at radius 3 is 2.59 bits per heavy atom. The number of benzene rings is 2. The molecule has 3 amide bonds. The summed E-state index contributed by atoms with van der Waals surface area (Å²) in [5.74, 6) is -1.58. The zero-order valence-corrected chi connectivity index (χ0v) is 16.1. The van der Waals surface area contributed by atoms with E-state index in [1.807, 2.05) is 30.3 Å². The average molecular weight is 395 g/mol. The lowest BCUT2D eigenvalue weighted by molar-refractivity contribution is -0.136. The molecule has 0 bridgehead atoms. The highest BCUT2D eigenvalue weighted by Crippen LogP contribution is 2.23. The number of aliphatic hydroxyl groups excluding tert-OH is 1. The van der Waals surface area contributed by atoms with Crippen molar-refractivity contribution in [2.75, 3.05) is 23.3 Å². The number of piperidine rings is 1. The molecule has 0 radical (unpaired) electrons. The fourth-order valence-electron chi connectivity index (χ4n) is 3.27. The van der Waals surface area contributed by atoms with Gasteiger partial charge < -0.3 is 20.6 Å². The Morgan fingerprint density at radius 1 is 1.03 bits per heavy atom. The van der Waals surface area contributed by atoms with Crippen LogP contribution in [0.4, 0.5) is 11.4 Å². The second kappa shape index (κ2) is 9.84. The van der Waals surface area contributed by atoms with Crippen LogP contribution in [-0.4, -0.2) is 42.0 Å². The number of hydrogen-bond donors (Lipinski definition) is 3. The summed E-state index contributed by atoms with van der Waals surface area (Å²) < 4.78 is 0. The third-order valence-electron chi connectivity index (χ3n) is 4.76. The normalized spacial score (nSPS) is 14.9. The Balaban J connectivity index is 1.51. The van der Waals surface area contributed by atoms with Crippen molar-refractivity contribution >= 4 is 29.1 Å². The van der Waals surface area contributed by atoms with E-state index in [9.17, 15) is 19.5 Å². The van der Waals surface area contributed by atoms with E-state index < -0.39 is 17.9 Å². The van der Waals surface area contributed by atoms with E-state index in [4.69, 9.17) is 0 Å². The number of amides is 3. The molecule has 1 heterocycles. The van der Waals surface area contributed by atoms with Crippen LogP contribution in [0.3, 0.4) is 0 Å². The van der Waals surface area contributed by atoms with Gasteiger partial charge in [0.1, 0.15) is 0 Å². The third kappa shape index (κ3) is 5.89. The zero-order valence-electron chi connectivity index (χ0n) is 16.1. The first-order valence-electron chi connectivity index (χ1n) is 9.74. The van der Waals surface area contributed by atoms with Gasteiger partial charge in [-0.15, -0.1) is 0 Å². The minimum atomic E-state index is -0.823. The first kappa shape index (κ1) is 20.5. The Morgan fingerprint density at radius 2 is 1.83 bits per heavy atom. The quantitative estimate of drug-likeness (QED) is 0.650. The fraction of sp³-hybridized carbons (Fsp3) is 0.318. The maximum Gasteiger partial charge on any atom is 0.313 e. The first-order valence-corrected chi connectivity index (χ1v) is 9.74. The summed E-state index contributed by atoms with van der Waals surface area (Å²) >= 11 is 0. The standard InChI is InChI=1S/C22H25N3O4/c26-19(13-16-7-2-1-3-8-16)15-23-21(28)22(29)24-17-9-6-10-18(14-17)25-12-5-4-11-20(25)27/h1-3,6-10,14,19,26H,4-5,11-13,15H2,(H,23,28)(H,24,29). The fourth-order valence-corrected chi connectivity index (χ4v) is 3.27. The molecule has 0 spiro atoms. The van der Waals surface area contributed by atoms with Crippen LogP contribution in [0.25, 0.3) is 0 Å². The van der Waals surface area contributed by atoms with Crippen molar-refractivity contribution < 1.29 is 19.5 Å². The lowest BCUT2D eigenvalue weighted by Gasteiger charge is -2.27. The molecule has 1 atom stereocenters. The number of aliphatic hydroxyl groups is 1. The van der Waals surface area contributed by atoms with Crippen LogP contribution in [0.1, 0.15) is 24.8 Å². The van der Waals surface area contributed by atoms with Gasteiger partial charge in [-0.3, -0.25) is 14.4 Å². The maximum atomic E-state index is 12.1. The van der Waals surface area contributed by atoms with Gasteiger partial charge in [-0.05, 0) is 36.6 Å². The molecule has 3 rings (SSSR count). The van der Waals surface area contributed by atoms with Gasteiger partial charge in [0.2, 0.25) is 5.91 Å². The average Bonchev–Trinajstić information content (AvgIpc) is 2.73. The molecular weight excluding hydrogens is 370 g/mol. The van der Waals surface area contributed by atoms with Crippen LogP contribution in [0.15, 0.2) is 54.6 Å². The van der Waals surface area contributed by atoms with Crippen LogP contribution in [0.5, 0.6) is 0 Å². The molecule has 0 aromatic heterocycles. The van der Waals surface area contributed by atoms with E-state index in [1.54, 1.807) is 29.2 Å². The Hall–Kier alpha value is -3.19. The zero-order chi connectivity index (χ0) is 20.6. The maximum absolute atomic E-state index is 12.1. The van der Waals surface area contributed by atoms with Crippen LogP contribution in [0.2, 0.25) is 0 Å². The SMILES string of the molecule is O=C(NCC(O)Cc1ccccc1)C(=O)Nc1cccc(N2CCCCC2=O)c1. The largest absolute Gasteiger partial charge is 0.391 e. The second-order valence-corrected chi connectivity index (χ2v) is 7.06. The van der Waals surface area contributed by atoms with Crippen molar-refractivity contribution in [3.63, 3.8) is 0 Å². The van der Waals surface area contributed by atoms with Gasteiger partial charge in [0.05, 0.1) is 6.10 Å². The highest BCUT2D eigenvalue weighted by Gasteiger charge is 2.20. The van der Waals surface area contributed by atoms with E-state index in [0.29, 0.717) is 30.8 Å². The van der Waals surface area contributed by atoms with Gasteiger partial charge in [0.25, 0.3) is 0 Å². The van der Waals surface area contributed by atoms with E-state index >= 15 is 0 Å². The van der Waals surface area contributed by atoms with Gasteiger partial charge in [-0.25, -0.2) is 0 Å². The predicted octanol–water partition coefficient (Wildman–Crippen LogP) is 1.86. The molecule has 0 saturated carbocycles. The van der Waals surface area contributed by atoms with Crippen molar-refractivity contribution in [3.8, 4) is 0 Å². The third-order valence-corrected chi connectivity index (χ3v) is 4.76. The van der Waals surface area contributed by atoms with Gasteiger partial charge in [0, 0.05) is 37.3 Å². The molecule has 1 fully saturated rings.